The molecule has 22 heavy (non-hydrogen) atoms. The fraction of sp³-hybridized carbons (Fsp3) is 0.412. The van der Waals surface area contributed by atoms with Gasteiger partial charge in [-0.25, -0.2) is 9.37 Å². The molecule has 1 aliphatic heterocycles. The third-order valence-corrected chi connectivity index (χ3v) is 5.16. The van der Waals surface area contributed by atoms with Crippen LogP contribution in [0.25, 0.3) is 0 Å². The number of aryl methyl sites for hydroxylation is 1. The first-order valence-corrected chi connectivity index (χ1v) is 8.48. The summed E-state index contributed by atoms with van der Waals surface area (Å²) in [4.78, 5) is 19.5. The molecule has 1 unspecified atom stereocenters. The summed E-state index contributed by atoms with van der Waals surface area (Å²) < 4.78 is 13.1. The van der Waals surface area contributed by atoms with Crippen molar-refractivity contribution in [3.63, 3.8) is 0 Å². The Morgan fingerprint density at radius 3 is 2.77 bits per heavy atom. The van der Waals surface area contributed by atoms with Gasteiger partial charge >= 0.3 is 0 Å². The molecule has 0 spiro atoms. The maximum atomic E-state index is 13.1. The van der Waals surface area contributed by atoms with Crippen LogP contribution in [0.4, 0.5) is 4.39 Å². The highest BCUT2D eigenvalue weighted by Crippen LogP contribution is 2.28. The molecule has 2 heterocycles. The quantitative estimate of drug-likeness (QED) is 0.838. The van der Waals surface area contributed by atoms with Gasteiger partial charge in [0, 0.05) is 19.0 Å². The largest absolute Gasteiger partial charge is 0.337 e. The molecular weight excluding hydrogens is 299 g/mol. The minimum atomic E-state index is -0.217. The van der Waals surface area contributed by atoms with Crippen molar-refractivity contribution in [1.29, 1.82) is 0 Å². The molecule has 0 bridgehead atoms. The predicted molar refractivity (Wildman–Crippen MR) is 85.7 cm³/mol. The van der Waals surface area contributed by atoms with Gasteiger partial charge < -0.3 is 4.90 Å². The highest BCUT2D eigenvalue weighted by Gasteiger charge is 2.25. The Morgan fingerprint density at radius 2 is 2.09 bits per heavy atom. The summed E-state index contributed by atoms with van der Waals surface area (Å²) in [6.07, 6.45) is 3.14. The second-order valence-corrected chi connectivity index (χ2v) is 6.62. The molecule has 2 aromatic rings. The summed E-state index contributed by atoms with van der Waals surface area (Å²) in [5.74, 6) is 0.139. The van der Waals surface area contributed by atoms with Crippen molar-refractivity contribution in [2.75, 3.05) is 13.1 Å². The van der Waals surface area contributed by atoms with Crippen LogP contribution in [0.15, 0.2) is 29.8 Å². The molecule has 1 atom stereocenters. The fourth-order valence-corrected chi connectivity index (χ4v) is 3.75. The maximum absolute atomic E-state index is 13.1. The lowest BCUT2D eigenvalue weighted by molar-refractivity contribution is 0.0758. The first-order valence-electron chi connectivity index (χ1n) is 7.60. The molecule has 5 heteroatoms. The minimum absolute atomic E-state index is 0.0778. The molecular formula is C17H19FN2OS. The van der Waals surface area contributed by atoms with Crippen LogP contribution < -0.4 is 0 Å². The number of nitrogens with zero attached hydrogens (tertiary/aromatic N) is 2. The molecule has 1 aromatic heterocycles. The molecule has 1 saturated heterocycles. The Balaban J connectivity index is 1.79. The summed E-state index contributed by atoms with van der Waals surface area (Å²) in [5, 5.41) is 0. The summed E-state index contributed by atoms with van der Waals surface area (Å²) in [6, 6.07) is 6.68. The van der Waals surface area contributed by atoms with E-state index in [0.29, 0.717) is 6.54 Å². The van der Waals surface area contributed by atoms with Gasteiger partial charge in [0.05, 0.1) is 11.2 Å². The van der Waals surface area contributed by atoms with E-state index in [9.17, 15) is 9.18 Å². The van der Waals surface area contributed by atoms with Gasteiger partial charge in [0.15, 0.2) is 0 Å². The lowest BCUT2D eigenvalue weighted by Gasteiger charge is -2.24. The molecule has 116 valence electrons. The zero-order valence-electron chi connectivity index (χ0n) is 12.6. The number of benzene rings is 1. The molecule has 1 amide bonds. The van der Waals surface area contributed by atoms with Gasteiger partial charge in [-0.15, -0.1) is 11.3 Å². The first kappa shape index (κ1) is 15.2. The average molecular weight is 318 g/mol. The number of likely N-dealkylation sites (tertiary alicyclic amines) is 1. The van der Waals surface area contributed by atoms with Crippen LogP contribution in [0.1, 0.15) is 46.1 Å². The van der Waals surface area contributed by atoms with Gasteiger partial charge in [-0.1, -0.05) is 18.6 Å². The summed E-state index contributed by atoms with van der Waals surface area (Å²) in [6.45, 7) is 3.36. The standard InChI is InChI=1S/C17H19FN2OS/c1-12-16(22-11-19-12)17(21)20-9-3-2-4-14(10-20)13-5-7-15(18)8-6-13/h5-8,11,14H,2-4,9-10H2,1H3. The van der Waals surface area contributed by atoms with Crippen molar-refractivity contribution in [1.82, 2.24) is 9.88 Å². The number of amides is 1. The Morgan fingerprint density at radius 1 is 1.32 bits per heavy atom. The van der Waals surface area contributed by atoms with Crippen LogP contribution in [0, 0.1) is 12.7 Å². The highest BCUT2D eigenvalue weighted by molar-refractivity contribution is 7.11. The number of hydrogen-bond donors (Lipinski definition) is 0. The van der Waals surface area contributed by atoms with E-state index in [2.05, 4.69) is 4.98 Å². The van der Waals surface area contributed by atoms with Gasteiger partial charge in [0.2, 0.25) is 0 Å². The predicted octanol–water partition coefficient (Wildman–Crippen LogP) is 4.00. The Hall–Kier alpha value is -1.75. The van der Waals surface area contributed by atoms with Crippen molar-refractivity contribution in [2.24, 2.45) is 0 Å². The Kier molecular flexibility index (Phi) is 4.52. The number of thiazole rings is 1. The third-order valence-electron chi connectivity index (χ3n) is 4.24. The molecule has 0 saturated carbocycles. The van der Waals surface area contributed by atoms with Crippen LogP contribution >= 0.6 is 11.3 Å². The summed E-state index contributed by atoms with van der Waals surface area (Å²) in [5.41, 5.74) is 3.64. The SMILES string of the molecule is Cc1ncsc1C(=O)N1CCCCC(c2ccc(F)cc2)C1. The van der Waals surface area contributed by atoms with Crippen LogP contribution in [0.2, 0.25) is 0 Å². The molecule has 0 N–H and O–H groups in total. The van der Waals surface area contributed by atoms with Crippen LogP contribution in [-0.2, 0) is 0 Å². The van der Waals surface area contributed by atoms with Crippen LogP contribution in [0.3, 0.4) is 0 Å². The number of hydrogen-bond acceptors (Lipinski definition) is 3. The van der Waals surface area contributed by atoms with E-state index in [0.717, 1.165) is 41.9 Å². The first-order chi connectivity index (χ1) is 10.6. The van der Waals surface area contributed by atoms with Crippen molar-refractivity contribution < 1.29 is 9.18 Å². The van der Waals surface area contributed by atoms with E-state index >= 15 is 0 Å². The molecule has 0 radical (unpaired) electrons. The van der Waals surface area contributed by atoms with E-state index < -0.39 is 0 Å². The summed E-state index contributed by atoms with van der Waals surface area (Å²) in [7, 11) is 0. The van der Waals surface area contributed by atoms with Crippen molar-refractivity contribution in [2.45, 2.75) is 32.1 Å². The van der Waals surface area contributed by atoms with Crippen molar-refractivity contribution in [3.05, 3.63) is 51.7 Å². The third kappa shape index (κ3) is 3.19. The smallest absolute Gasteiger partial charge is 0.265 e. The summed E-state index contributed by atoms with van der Waals surface area (Å²) >= 11 is 1.41. The van der Waals surface area contributed by atoms with E-state index in [1.807, 2.05) is 24.0 Å². The van der Waals surface area contributed by atoms with Crippen molar-refractivity contribution in [3.8, 4) is 0 Å². The second-order valence-electron chi connectivity index (χ2n) is 5.76. The lowest BCUT2D eigenvalue weighted by atomic mass is 9.94. The number of carbonyl (C=O) groups excluding carboxylic acids is 1. The number of rotatable bonds is 2. The zero-order valence-corrected chi connectivity index (χ0v) is 13.4. The van der Waals surface area contributed by atoms with E-state index in [-0.39, 0.29) is 17.6 Å². The van der Waals surface area contributed by atoms with Gasteiger partial charge in [-0.3, -0.25) is 4.79 Å². The minimum Gasteiger partial charge on any atom is -0.337 e. The molecule has 3 nitrogen and oxygen atoms in total. The van der Waals surface area contributed by atoms with Gasteiger partial charge in [-0.05, 0) is 37.5 Å². The number of carbonyl (C=O) groups is 1. The van der Waals surface area contributed by atoms with Crippen LogP contribution in [-0.4, -0.2) is 28.9 Å². The number of halogens is 1. The molecule has 3 rings (SSSR count). The average Bonchev–Trinajstić information content (AvgIpc) is 2.80. The second kappa shape index (κ2) is 6.57. The van der Waals surface area contributed by atoms with E-state index in [1.54, 1.807) is 5.51 Å². The zero-order chi connectivity index (χ0) is 15.5. The molecule has 0 aliphatic carbocycles. The molecule has 1 fully saturated rings. The number of aromatic nitrogens is 1. The maximum Gasteiger partial charge on any atom is 0.265 e. The normalized spacial score (nSPS) is 19.0. The van der Waals surface area contributed by atoms with E-state index in [4.69, 9.17) is 0 Å². The van der Waals surface area contributed by atoms with Gasteiger partial charge in [0.25, 0.3) is 5.91 Å². The molecule has 1 aliphatic rings. The van der Waals surface area contributed by atoms with Crippen molar-refractivity contribution >= 4 is 17.2 Å². The topological polar surface area (TPSA) is 33.2 Å². The lowest BCUT2D eigenvalue weighted by Crippen LogP contribution is -2.34. The highest BCUT2D eigenvalue weighted by atomic mass is 32.1. The fourth-order valence-electron chi connectivity index (χ4n) is 2.98. The van der Waals surface area contributed by atoms with Crippen LogP contribution in [0.5, 0.6) is 0 Å². The van der Waals surface area contributed by atoms with Gasteiger partial charge in [-0.2, -0.15) is 0 Å². The molecule has 1 aromatic carbocycles. The Bertz CT molecular complexity index is 653. The van der Waals surface area contributed by atoms with E-state index in [1.165, 1.54) is 23.5 Å². The van der Waals surface area contributed by atoms with Gasteiger partial charge in [0.1, 0.15) is 10.7 Å². The monoisotopic (exact) mass is 318 g/mol. The Labute approximate surface area is 133 Å².